The Labute approximate surface area is 232 Å². The molecule has 4 aromatic heterocycles. The number of hydrogen-bond acceptors (Lipinski definition) is 8. The molecule has 0 saturated carbocycles. The predicted molar refractivity (Wildman–Crippen MR) is 156 cm³/mol. The van der Waals surface area contributed by atoms with Gasteiger partial charge in [-0.2, -0.15) is 0 Å². The molecule has 40 heavy (non-hydrogen) atoms. The highest BCUT2D eigenvalue weighted by Crippen LogP contribution is 2.23. The Balaban J connectivity index is 1.47. The van der Waals surface area contributed by atoms with Crippen LogP contribution in [0.5, 0.6) is 0 Å². The molecule has 3 N–H and O–H groups in total. The first-order chi connectivity index (χ1) is 19.4. The van der Waals surface area contributed by atoms with Crippen molar-refractivity contribution in [3.63, 3.8) is 0 Å². The predicted octanol–water partition coefficient (Wildman–Crippen LogP) is 4.44. The van der Waals surface area contributed by atoms with E-state index in [4.69, 9.17) is 10.7 Å². The number of nitrogens with two attached hydrogens (primary N) is 1. The van der Waals surface area contributed by atoms with Crippen molar-refractivity contribution in [1.29, 1.82) is 0 Å². The summed E-state index contributed by atoms with van der Waals surface area (Å²) in [5.74, 6) is -0.0282. The van der Waals surface area contributed by atoms with Gasteiger partial charge in [0.25, 0.3) is 11.5 Å². The van der Waals surface area contributed by atoms with Gasteiger partial charge in [-0.3, -0.25) is 14.2 Å². The molecule has 11 heteroatoms. The SMILES string of the molecule is Cc1ccnc2c(C(=O)N[C@@H](C)c3nc4cccc(/C=C/c5nccs5)c4c(=O)n3-c3ccccc3)c(N)nn12. The van der Waals surface area contributed by atoms with Crippen molar-refractivity contribution in [3.05, 3.63) is 110 Å². The fraction of sp³-hybridized carbons (Fsp3) is 0.103. The number of rotatable bonds is 6. The van der Waals surface area contributed by atoms with E-state index in [1.807, 2.05) is 66.9 Å². The van der Waals surface area contributed by atoms with Gasteiger partial charge in [0.2, 0.25) is 0 Å². The summed E-state index contributed by atoms with van der Waals surface area (Å²) in [7, 11) is 0. The van der Waals surface area contributed by atoms with Crippen LogP contribution in [0.3, 0.4) is 0 Å². The van der Waals surface area contributed by atoms with E-state index in [9.17, 15) is 9.59 Å². The van der Waals surface area contributed by atoms with Gasteiger partial charge in [0.05, 0.1) is 22.6 Å². The Bertz CT molecular complexity index is 1960. The summed E-state index contributed by atoms with van der Waals surface area (Å²) in [6.07, 6.45) is 7.08. The lowest BCUT2D eigenvalue weighted by Gasteiger charge is -2.20. The summed E-state index contributed by atoms with van der Waals surface area (Å²) in [6, 6.07) is 15.9. The number of nitrogen functional groups attached to an aromatic ring is 1. The molecule has 4 heterocycles. The number of thiazole rings is 1. The molecule has 6 rings (SSSR count). The van der Waals surface area contributed by atoms with E-state index in [0.29, 0.717) is 28.1 Å². The molecule has 0 aliphatic carbocycles. The van der Waals surface area contributed by atoms with Gasteiger partial charge in [-0.15, -0.1) is 16.4 Å². The zero-order valence-electron chi connectivity index (χ0n) is 21.6. The maximum Gasteiger partial charge on any atom is 0.266 e. The van der Waals surface area contributed by atoms with Crippen LogP contribution >= 0.6 is 11.3 Å². The number of fused-ring (bicyclic) bond motifs is 2. The largest absolute Gasteiger partial charge is 0.381 e. The summed E-state index contributed by atoms with van der Waals surface area (Å²) < 4.78 is 3.07. The smallest absolute Gasteiger partial charge is 0.266 e. The number of nitrogens with zero attached hydrogens (tertiary/aromatic N) is 6. The number of anilines is 1. The summed E-state index contributed by atoms with van der Waals surface area (Å²) in [6.45, 7) is 3.63. The van der Waals surface area contributed by atoms with Crippen LogP contribution in [0.25, 0.3) is 34.4 Å². The number of benzene rings is 2. The molecule has 6 aromatic rings. The average Bonchev–Trinajstić information content (AvgIpc) is 3.60. The van der Waals surface area contributed by atoms with Crippen molar-refractivity contribution >= 4 is 51.8 Å². The number of para-hydroxylation sites is 1. The van der Waals surface area contributed by atoms with Gasteiger partial charge in [-0.05, 0) is 49.8 Å². The van der Waals surface area contributed by atoms with Gasteiger partial charge < -0.3 is 11.1 Å². The minimum Gasteiger partial charge on any atom is -0.381 e. The number of aromatic nitrogens is 6. The minimum atomic E-state index is -0.668. The van der Waals surface area contributed by atoms with Crippen LogP contribution in [0.2, 0.25) is 0 Å². The van der Waals surface area contributed by atoms with E-state index in [-0.39, 0.29) is 16.9 Å². The van der Waals surface area contributed by atoms with Gasteiger partial charge in [0, 0.05) is 23.5 Å². The van der Waals surface area contributed by atoms with E-state index < -0.39 is 11.9 Å². The number of nitrogens with one attached hydrogen (secondary N) is 1. The fourth-order valence-corrected chi connectivity index (χ4v) is 5.16. The standard InChI is InChI=1S/C29H24N8O2S/c1-17-13-14-32-27-24(25(30)35-37(17)27)28(38)33-18(2)26-34-21-10-6-7-19(11-12-22-31-15-16-40-22)23(21)29(39)36(26)20-8-4-3-5-9-20/h3-16,18H,1-2H3,(H2,30,35)(H,33,38)/b12-11+/t18-/m0/s1. The fourth-order valence-electron chi connectivity index (χ4n) is 4.63. The second-order valence-electron chi connectivity index (χ2n) is 9.17. The maximum absolute atomic E-state index is 14.1. The maximum atomic E-state index is 14.1. The molecule has 0 bridgehead atoms. The Morgan fingerprint density at radius 3 is 2.65 bits per heavy atom. The van der Waals surface area contributed by atoms with Crippen LogP contribution in [0.15, 0.2) is 77.2 Å². The van der Waals surface area contributed by atoms with E-state index in [2.05, 4.69) is 20.4 Å². The zero-order chi connectivity index (χ0) is 27.8. The monoisotopic (exact) mass is 548 g/mol. The van der Waals surface area contributed by atoms with E-state index in [1.165, 1.54) is 20.4 Å². The third-order valence-electron chi connectivity index (χ3n) is 6.52. The van der Waals surface area contributed by atoms with Gasteiger partial charge in [0.1, 0.15) is 16.4 Å². The molecule has 0 saturated heterocycles. The topological polar surface area (TPSA) is 133 Å². The first kappa shape index (κ1) is 25.1. The molecule has 0 unspecified atom stereocenters. The summed E-state index contributed by atoms with van der Waals surface area (Å²) in [4.78, 5) is 41.1. The van der Waals surface area contributed by atoms with Gasteiger partial charge in [0.15, 0.2) is 11.5 Å². The second kappa shape index (κ2) is 10.2. The molecule has 10 nitrogen and oxygen atoms in total. The Hall–Kier alpha value is -5.16. The summed E-state index contributed by atoms with van der Waals surface area (Å²) >= 11 is 1.51. The Morgan fingerprint density at radius 1 is 1.05 bits per heavy atom. The van der Waals surface area contributed by atoms with Crippen molar-refractivity contribution in [2.75, 3.05) is 5.73 Å². The lowest BCUT2D eigenvalue weighted by Crippen LogP contribution is -2.33. The van der Waals surface area contributed by atoms with E-state index in [1.54, 1.807) is 31.5 Å². The number of hydrogen-bond donors (Lipinski definition) is 2. The van der Waals surface area contributed by atoms with Crippen LogP contribution in [-0.2, 0) is 0 Å². The third kappa shape index (κ3) is 4.41. The van der Waals surface area contributed by atoms with Crippen molar-refractivity contribution in [2.24, 2.45) is 0 Å². The van der Waals surface area contributed by atoms with Gasteiger partial charge >= 0.3 is 0 Å². The molecule has 1 atom stereocenters. The highest BCUT2D eigenvalue weighted by atomic mass is 32.1. The van der Waals surface area contributed by atoms with Crippen LogP contribution in [0.4, 0.5) is 5.82 Å². The van der Waals surface area contributed by atoms with Crippen molar-refractivity contribution in [1.82, 2.24) is 34.4 Å². The number of carbonyl (C=O) groups excluding carboxylic acids is 1. The normalized spacial score (nSPS) is 12.3. The quantitative estimate of drug-likeness (QED) is 0.314. The van der Waals surface area contributed by atoms with Gasteiger partial charge in [-0.25, -0.2) is 19.5 Å². The van der Waals surface area contributed by atoms with Crippen LogP contribution in [0.1, 0.15) is 45.4 Å². The third-order valence-corrected chi connectivity index (χ3v) is 7.26. The number of carbonyl (C=O) groups is 1. The van der Waals surface area contributed by atoms with E-state index >= 15 is 0 Å². The molecule has 1 amide bonds. The van der Waals surface area contributed by atoms with Crippen molar-refractivity contribution < 1.29 is 4.79 Å². The lowest BCUT2D eigenvalue weighted by atomic mass is 10.1. The van der Waals surface area contributed by atoms with Gasteiger partial charge in [-0.1, -0.05) is 36.4 Å². The molecule has 0 spiro atoms. The Morgan fingerprint density at radius 2 is 1.88 bits per heavy atom. The minimum absolute atomic E-state index is 0.0649. The lowest BCUT2D eigenvalue weighted by molar-refractivity contribution is 0.0940. The molecule has 2 aromatic carbocycles. The Kier molecular flexibility index (Phi) is 6.40. The summed E-state index contributed by atoms with van der Waals surface area (Å²) in [5.41, 5.74) is 9.05. The highest BCUT2D eigenvalue weighted by molar-refractivity contribution is 7.10. The molecule has 0 radical (unpaired) electrons. The molecule has 0 aliphatic heterocycles. The molecule has 0 fully saturated rings. The number of aryl methyl sites for hydroxylation is 1. The zero-order valence-corrected chi connectivity index (χ0v) is 22.5. The average molecular weight is 549 g/mol. The van der Waals surface area contributed by atoms with Crippen molar-refractivity contribution in [3.8, 4) is 5.69 Å². The van der Waals surface area contributed by atoms with Crippen LogP contribution < -0.4 is 16.6 Å². The molecule has 0 aliphatic rings. The second-order valence-corrected chi connectivity index (χ2v) is 10.1. The summed E-state index contributed by atoms with van der Waals surface area (Å²) in [5, 5.41) is 10.4. The van der Waals surface area contributed by atoms with Crippen LogP contribution in [-0.4, -0.2) is 35.0 Å². The van der Waals surface area contributed by atoms with Crippen molar-refractivity contribution in [2.45, 2.75) is 19.9 Å². The molecular weight excluding hydrogens is 524 g/mol. The van der Waals surface area contributed by atoms with Crippen LogP contribution in [0, 0.1) is 6.92 Å². The van der Waals surface area contributed by atoms with E-state index in [0.717, 1.165) is 16.3 Å². The first-order valence-electron chi connectivity index (χ1n) is 12.5. The molecular formula is C29H24N8O2S. The molecule has 198 valence electrons. The number of amides is 1. The highest BCUT2D eigenvalue weighted by Gasteiger charge is 2.25. The first-order valence-corrected chi connectivity index (χ1v) is 13.4.